The van der Waals surface area contributed by atoms with Crippen LogP contribution in [0.4, 0.5) is 0 Å². The minimum absolute atomic E-state index is 0.0700. The van der Waals surface area contributed by atoms with Crippen molar-refractivity contribution in [1.29, 1.82) is 5.26 Å². The van der Waals surface area contributed by atoms with Crippen LogP contribution in [0.3, 0.4) is 0 Å². The van der Waals surface area contributed by atoms with Crippen molar-refractivity contribution < 1.29 is 5.11 Å². The van der Waals surface area contributed by atoms with Crippen LogP contribution in [-0.2, 0) is 6.54 Å². The number of aliphatic imine (C=N–C) groups is 1. The molecule has 0 spiro atoms. The lowest BCUT2D eigenvalue weighted by Crippen LogP contribution is -2.60. The van der Waals surface area contributed by atoms with E-state index in [0.717, 1.165) is 65.9 Å². The SMILES string of the molecule is C/C(NCC12CC3C[C@H](C1)C(NCC1CCC(O)CC1)[C@@H](C3)C2)=C(C#N)\C=N/C(C)NCc1ccccc1Cl.C=CC. The number of aliphatic hydroxyl groups excluding tert-OH is 1. The highest BCUT2D eigenvalue weighted by molar-refractivity contribution is 6.31. The van der Waals surface area contributed by atoms with Gasteiger partial charge in [0.2, 0.25) is 0 Å². The molecule has 0 heterocycles. The van der Waals surface area contributed by atoms with E-state index in [4.69, 9.17) is 11.6 Å². The molecular formula is C35H52ClN5O. The lowest BCUT2D eigenvalue weighted by atomic mass is 9.48. The molecule has 1 aromatic rings. The van der Waals surface area contributed by atoms with Gasteiger partial charge in [0, 0.05) is 36.1 Å². The maximum absolute atomic E-state index is 9.84. The molecule has 5 fully saturated rings. The average molecular weight is 594 g/mol. The summed E-state index contributed by atoms with van der Waals surface area (Å²) in [5.41, 5.74) is 2.91. The topological polar surface area (TPSA) is 92.5 Å². The molecule has 6 rings (SSSR count). The fourth-order valence-corrected chi connectivity index (χ4v) is 8.36. The summed E-state index contributed by atoms with van der Waals surface area (Å²) in [5, 5.41) is 31.5. The van der Waals surface area contributed by atoms with Gasteiger partial charge >= 0.3 is 0 Å². The number of rotatable bonds is 11. The largest absolute Gasteiger partial charge is 0.393 e. The van der Waals surface area contributed by atoms with Gasteiger partial charge in [-0.15, -0.1) is 6.58 Å². The van der Waals surface area contributed by atoms with E-state index < -0.39 is 0 Å². The summed E-state index contributed by atoms with van der Waals surface area (Å²) in [6, 6.07) is 10.8. The molecule has 230 valence electrons. The minimum Gasteiger partial charge on any atom is -0.393 e. The molecule has 6 nitrogen and oxygen atoms in total. The van der Waals surface area contributed by atoms with Gasteiger partial charge in [0.25, 0.3) is 0 Å². The Morgan fingerprint density at radius 2 is 1.86 bits per heavy atom. The van der Waals surface area contributed by atoms with Gasteiger partial charge < -0.3 is 15.7 Å². The first-order valence-corrected chi connectivity index (χ1v) is 16.5. The first-order chi connectivity index (χ1) is 20.3. The lowest BCUT2D eigenvalue weighted by Gasteiger charge is -2.60. The Bertz CT molecular complexity index is 1120. The van der Waals surface area contributed by atoms with Crippen LogP contribution < -0.4 is 16.0 Å². The van der Waals surface area contributed by atoms with E-state index in [0.29, 0.717) is 23.6 Å². The molecule has 5 saturated carbocycles. The van der Waals surface area contributed by atoms with Crippen LogP contribution in [0.25, 0.3) is 0 Å². The van der Waals surface area contributed by atoms with E-state index in [9.17, 15) is 10.4 Å². The maximum atomic E-state index is 9.84. The van der Waals surface area contributed by atoms with E-state index in [-0.39, 0.29) is 12.3 Å². The van der Waals surface area contributed by atoms with Gasteiger partial charge in [0.05, 0.1) is 17.8 Å². The van der Waals surface area contributed by atoms with Crippen LogP contribution in [-0.4, -0.2) is 42.7 Å². The van der Waals surface area contributed by atoms with Crippen LogP contribution in [0.15, 0.2) is 53.2 Å². The first kappa shape index (κ1) is 32.7. The predicted octanol–water partition coefficient (Wildman–Crippen LogP) is 6.76. The van der Waals surface area contributed by atoms with E-state index in [1.807, 2.05) is 45.0 Å². The Morgan fingerprint density at radius 1 is 1.19 bits per heavy atom. The van der Waals surface area contributed by atoms with Gasteiger partial charge in [-0.05, 0) is 126 Å². The molecule has 0 aromatic heterocycles. The third kappa shape index (κ3) is 8.69. The van der Waals surface area contributed by atoms with Crippen molar-refractivity contribution >= 4 is 17.8 Å². The number of hydrogen-bond donors (Lipinski definition) is 4. The maximum Gasteiger partial charge on any atom is 0.103 e. The van der Waals surface area contributed by atoms with Crippen LogP contribution in [0.1, 0.15) is 84.1 Å². The second-order valence-corrected chi connectivity index (χ2v) is 13.8. The minimum atomic E-state index is -0.122. The normalized spacial score (nSPS) is 32.9. The quantitative estimate of drug-likeness (QED) is 0.129. The summed E-state index contributed by atoms with van der Waals surface area (Å²) >= 11 is 6.26. The third-order valence-electron chi connectivity index (χ3n) is 10.1. The standard InChI is InChI=1S/C32H46ClN5O.C3H6/c1-21(28(16-34)19-36-22(2)35-18-25-5-3-4-6-30(25)33)38-20-32-13-24-11-26(14-32)31(27(12-24)15-32)37-17-23-7-9-29(39)10-8-23;1-3-2/h3-6,19,22-24,26-27,29,31,35,37-39H,7-15,17-18,20H2,1-2H3;3H,1H2,2H3/b28-21+,36-19-;/t22?,23?,24?,26-,27+,29?,31?,32?;. The number of nitrogens with zero attached hydrogens (tertiary/aromatic N) is 2. The van der Waals surface area contributed by atoms with Crippen molar-refractivity contribution in [3.05, 3.63) is 58.8 Å². The smallest absolute Gasteiger partial charge is 0.103 e. The zero-order chi connectivity index (χ0) is 30.1. The van der Waals surface area contributed by atoms with Crippen LogP contribution in [0.5, 0.6) is 0 Å². The van der Waals surface area contributed by atoms with Crippen LogP contribution >= 0.6 is 11.6 Å². The summed E-state index contributed by atoms with van der Waals surface area (Å²) in [6.07, 6.45) is 14.2. The molecule has 0 radical (unpaired) electrons. The van der Waals surface area contributed by atoms with Crippen molar-refractivity contribution in [2.75, 3.05) is 13.1 Å². The molecule has 4 bridgehead atoms. The van der Waals surface area contributed by atoms with Gasteiger partial charge in [-0.2, -0.15) is 5.26 Å². The molecule has 4 unspecified atom stereocenters. The van der Waals surface area contributed by atoms with Crippen molar-refractivity contribution in [3.63, 3.8) is 0 Å². The lowest BCUT2D eigenvalue weighted by molar-refractivity contribution is -0.0752. The van der Waals surface area contributed by atoms with E-state index in [1.54, 1.807) is 12.3 Å². The molecule has 42 heavy (non-hydrogen) atoms. The van der Waals surface area contributed by atoms with Crippen LogP contribution in [0, 0.1) is 40.4 Å². The highest BCUT2D eigenvalue weighted by Gasteiger charge is 2.55. The van der Waals surface area contributed by atoms with Gasteiger partial charge in [-0.1, -0.05) is 35.9 Å². The molecular weight excluding hydrogens is 542 g/mol. The molecule has 4 N–H and O–H groups in total. The Balaban J connectivity index is 0.00000129. The Kier molecular flexibility index (Phi) is 12.1. The molecule has 0 saturated heterocycles. The molecule has 0 amide bonds. The number of benzene rings is 1. The van der Waals surface area contributed by atoms with Gasteiger partial charge in [-0.3, -0.25) is 10.3 Å². The van der Waals surface area contributed by atoms with E-state index in [2.05, 4.69) is 33.6 Å². The Hall–Kier alpha value is -2.17. The zero-order valence-corrected chi connectivity index (χ0v) is 26.7. The molecule has 7 heteroatoms. The fourth-order valence-electron chi connectivity index (χ4n) is 8.16. The zero-order valence-electron chi connectivity index (χ0n) is 25.9. The number of aliphatic hydroxyl groups is 1. The monoisotopic (exact) mass is 593 g/mol. The van der Waals surface area contributed by atoms with Crippen LogP contribution in [0.2, 0.25) is 5.02 Å². The van der Waals surface area contributed by atoms with Gasteiger partial charge in [-0.25, -0.2) is 0 Å². The predicted molar refractivity (Wildman–Crippen MR) is 174 cm³/mol. The van der Waals surface area contributed by atoms with Crippen molar-refractivity contribution in [1.82, 2.24) is 16.0 Å². The third-order valence-corrected chi connectivity index (χ3v) is 10.5. The summed E-state index contributed by atoms with van der Waals surface area (Å²) in [4.78, 5) is 4.59. The highest BCUT2D eigenvalue weighted by Crippen LogP contribution is 2.59. The fraction of sp³-hybridized carbons (Fsp3) is 0.657. The number of allylic oxidation sites excluding steroid dienone is 3. The molecule has 5 aliphatic carbocycles. The summed E-state index contributed by atoms with van der Waals surface area (Å²) in [6.45, 7) is 12.0. The summed E-state index contributed by atoms with van der Waals surface area (Å²) < 4.78 is 0. The number of nitrogens with one attached hydrogen (secondary N) is 3. The number of nitriles is 1. The van der Waals surface area contributed by atoms with E-state index >= 15 is 0 Å². The Labute approximate surface area is 259 Å². The van der Waals surface area contributed by atoms with E-state index in [1.165, 1.54) is 44.9 Å². The van der Waals surface area contributed by atoms with Gasteiger partial charge in [0.1, 0.15) is 6.07 Å². The van der Waals surface area contributed by atoms with Crippen molar-refractivity contribution in [3.8, 4) is 6.07 Å². The summed E-state index contributed by atoms with van der Waals surface area (Å²) in [7, 11) is 0. The molecule has 1 aromatic carbocycles. The first-order valence-electron chi connectivity index (χ1n) is 16.1. The summed E-state index contributed by atoms with van der Waals surface area (Å²) in [5.74, 6) is 3.14. The number of halogens is 1. The molecule has 6 atom stereocenters. The van der Waals surface area contributed by atoms with Crippen molar-refractivity contribution in [2.24, 2.45) is 34.1 Å². The second kappa shape index (κ2) is 15.5. The second-order valence-electron chi connectivity index (χ2n) is 13.4. The van der Waals surface area contributed by atoms with Crippen molar-refractivity contribution in [2.45, 2.75) is 103 Å². The molecule has 5 aliphatic rings. The number of hydrogen-bond acceptors (Lipinski definition) is 6. The van der Waals surface area contributed by atoms with Gasteiger partial charge in [0.15, 0.2) is 0 Å². The average Bonchev–Trinajstić information content (AvgIpc) is 2.97. The Morgan fingerprint density at radius 3 is 2.50 bits per heavy atom. The molecule has 0 aliphatic heterocycles. The highest BCUT2D eigenvalue weighted by atomic mass is 35.5.